The second-order valence-electron chi connectivity index (χ2n) is 5.54. The van der Waals surface area contributed by atoms with Crippen molar-refractivity contribution in [3.05, 3.63) is 85.1 Å². The average molecular weight is 557 g/mol. The lowest BCUT2D eigenvalue weighted by Gasteiger charge is -2.09. The first-order valence-corrected chi connectivity index (χ1v) is 10.2. The fourth-order valence-corrected chi connectivity index (χ4v) is 4.77. The van der Waals surface area contributed by atoms with Gasteiger partial charge in [0, 0.05) is 10.0 Å². The van der Waals surface area contributed by atoms with Crippen molar-refractivity contribution in [3.8, 4) is 11.5 Å². The van der Waals surface area contributed by atoms with E-state index in [9.17, 15) is 9.90 Å². The lowest BCUT2D eigenvalue weighted by atomic mass is 10.1. The molecule has 0 aliphatic carbocycles. The van der Waals surface area contributed by atoms with Gasteiger partial charge in [-0.05, 0) is 80.4 Å². The zero-order valence-electron chi connectivity index (χ0n) is 13.8. The summed E-state index contributed by atoms with van der Waals surface area (Å²) in [7, 11) is 0. The highest BCUT2D eigenvalue weighted by molar-refractivity contribution is 9.11. The Bertz CT molecular complexity index is 985. The van der Waals surface area contributed by atoms with E-state index in [1.54, 1.807) is 30.3 Å². The highest BCUT2D eigenvalue weighted by Crippen LogP contribution is 2.36. The minimum absolute atomic E-state index is 0.0527. The molecule has 0 aliphatic heterocycles. The maximum absolute atomic E-state index is 12.1. The van der Waals surface area contributed by atoms with E-state index in [2.05, 4.69) is 47.8 Å². The molecule has 3 aromatic rings. The lowest BCUT2D eigenvalue weighted by Crippen LogP contribution is -1.95. The Hall–Kier alpha value is -1.83. The van der Waals surface area contributed by atoms with Crippen LogP contribution in [-0.4, -0.2) is 10.9 Å². The molecule has 1 N–H and O–H groups in total. The summed E-state index contributed by atoms with van der Waals surface area (Å²) in [6.07, 6.45) is 2.99. The molecule has 0 radical (unpaired) electrons. The van der Waals surface area contributed by atoms with Gasteiger partial charge in [-0.2, -0.15) is 0 Å². The highest BCUT2D eigenvalue weighted by Gasteiger charge is 2.10. The molecule has 7 heteroatoms. The Morgan fingerprint density at radius 3 is 2.52 bits per heavy atom. The minimum Gasteiger partial charge on any atom is -0.508 e. The Morgan fingerprint density at radius 1 is 1.07 bits per heavy atom. The zero-order chi connectivity index (χ0) is 19.4. The van der Waals surface area contributed by atoms with Crippen molar-refractivity contribution < 1.29 is 19.1 Å². The number of halogens is 3. The standard InChI is InChI=1S/C20H13Br3O4/c21-13-9-17(22)20(18(23)10-13)26-11-16-5-4-15(27-16)6-7-19(25)12-2-1-3-14(24)8-12/h1-10,24H,11H2/b7-6+. The number of aromatic hydroxyl groups is 1. The SMILES string of the molecule is O=C(/C=C/c1ccc(COc2c(Br)cc(Br)cc2Br)o1)c1cccc(O)c1. The number of phenolic OH excluding ortho intramolecular Hbond substituents is 1. The van der Waals surface area contributed by atoms with Crippen LogP contribution in [0, 0.1) is 0 Å². The van der Waals surface area contributed by atoms with Gasteiger partial charge < -0.3 is 14.3 Å². The molecule has 0 amide bonds. The second-order valence-corrected chi connectivity index (χ2v) is 8.16. The Balaban J connectivity index is 1.64. The normalized spacial score (nSPS) is 11.1. The van der Waals surface area contributed by atoms with E-state index in [-0.39, 0.29) is 18.1 Å². The molecule has 3 rings (SSSR count). The van der Waals surface area contributed by atoms with Crippen LogP contribution < -0.4 is 4.74 Å². The summed E-state index contributed by atoms with van der Waals surface area (Å²) in [6, 6.07) is 13.5. The first-order chi connectivity index (χ1) is 12.9. The molecule has 0 fully saturated rings. The predicted octanol–water partition coefficient (Wildman–Crippen LogP) is 6.75. The van der Waals surface area contributed by atoms with Crippen molar-refractivity contribution >= 4 is 59.6 Å². The number of ketones is 1. The van der Waals surface area contributed by atoms with Crippen LogP contribution in [0.15, 0.2) is 72.4 Å². The monoisotopic (exact) mass is 554 g/mol. The van der Waals surface area contributed by atoms with Gasteiger partial charge in [-0.25, -0.2) is 0 Å². The van der Waals surface area contributed by atoms with Gasteiger partial charge in [-0.15, -0.1) is 0 Å². The van der Waals surface area contributed by atoms with E-state index in [0.29, 0.717) is 22.8 Å². The third kappa shape index (κ3) is 5.34. The molecule has 1 heterocycles. The Labute approximate surface area is 181 Å². The van der Waals surface area contributed by atoms with Gasteiger partial charge in [0.2, 0.25) is 0 Å². The van der Waals surface area contributed by atoms with E-state index in [4.69, 9.17) is 9.15 Å². The molecule has 0 spiro atoms. The molecule has 0 bridgehead atoms. The van der Waals surface area contributed by atoms with E-state index in [1.807, 2.05) is 12.1 Å². The molecule has 4 nitrogen and oxygen atoms in total. The summed E-state index contributed by atoms with van der Waals surface area (Å²) in [4.78, 5) is 12.1. The van der Waals surface area contributed by atoms with Crippen molar-refractivity contribution in [1.29, 1.82) is 0 Å². The van der Waals surface area contributed by atoms with Crippen molar-refractivity contribution in [1.82, 2.24) is 0 Å². The van der Waals surface area contributed by atoms with Crippen LogP contribution in [0.25, 0.3) is 6.08 Å². The van der Waals surface area contributed by atoms with Gasteiger partial charge in [0.1, 0.15) is 29.6 Å². The Kier molecular flexibility index (Phi) is 6.57. The molecule has 0 saturated carbocycles. The largest absolute Gasteiger partial charge is 0.508 e. The molecule has 0 saturated heterocycles. The molecule has 138 valence electrons. The Morgan fingerprint density at radius 2 is 1.81 bits per heavy atom. The first-order valence-electron chi connectivity index (χ1n) is 7.80. The van der Waals surface area contributed by atoms with Crippen LogP contribution in [-0.2, 0) is 6.61 Å². The summed E-state index contributed by atoms with van der Waals surface area (Å²) in [5.74, 6) is 1.67. The van der Waals surface area contributed by atoms with E-state index < -0.39 is 0 Å². The molecule has 2 aromatic carbocycles. The molecule has 0 atom stereocenters. The fraction of sp³-hybridized carbons (Fsp3) is 0.0500. The predicted molar refractivity (Wildman–Crippen MR) is 114 cm³/mol. The first kappa shape index (κ1) is 19.9. The van der Waals surface area contributed by atoms with Crippen LogP contribution in [0.4, 0.5) is 0 Å². The molecule has 27 heavy (non-hydrogen) atoms. The van der Waals surface area contributed by atoms with E-state index in [1.165, 1.54) is 18.2 Å². The number of rotatable bonds is 6. The van der Waals surface area contributed by atoms with Gasteiger partial charge in [-0.1, -0.05) is 28.1 Å². The molecular weight excluding hydrogens is 544 g/mol. The quantitative estimate of drug-likeness (QED) is 0.269. The summed E-state index contributed by atoms with van der Waals surface area (Å²) in [5.41, 5.74) is 0.409. The lowest BCUT2D eigenvalue weighted by molar-refractivity contribution is 0.104. The number of ether oxygens (including phenoxy) is 1. The van der Waals surface area contributed by atoms with Gasteiger partial charge in [0.05, 0.1) is 8.95 Å². The van der Waals surface area contributed by atoms with Crippen LogP contribution >= 0.6 is 47.8 Å². The number of hydrogen-bond acceptors (Lipinski definition) is 4. The maximum Gasteiger partial charge on any atom is 0.186 e. The number of hydrogen-bond donors (Lipinski definition) is 1. The zero-order valence-corrected chi connectivity index (χ0v) is 18.5. The average Bonchev–Trinajstić information content (AvgIpc) is 3.06. The van der Waals surface area contributed by atoms with Crippen molar-refractivity contribution in [2.75, 3.05) is 0 Å². The molecular formula is C20H13Br3O4. The third-order valence-electron chi connectivity index (χ3n) is 3.53. The smallest absolute Gasteiger partial charge is 0.186 e. The fourth-order valence-electron chi connectivity index (χ4n) is 2.29. The number of benzene rings is 2. The molecule has 1 aromatic heterocycles. The molecule has 0 aliphatic rings. The highest BCUT2D eigenvalue weighted by atomic mass is 79.9. The van der Waals surface area contributed by atoms with Crippen molar-refractivity contribution in [3.63, 3.8) is 0 Å². The van der Waals surface area contributed by atoms with Crippen molar-refractivity contribution in [2.45, 2.75) is 6.61 Å². The van der Waals surface area contributed by atoms with Crippen LogP contribution in [0.5, 0.6) is 11.5 Å². The van der Waals surface area contributed by atoms with Crippen molar-refractivity contribution in [2.24, 2.45) is 0 Å². The molecule has 0 unspecified atom stereocenters. The number of allylic oxidation sites excluding steroid dienone is 1. The van der Waals surface area contributed by atoms with E-state index >= 15 is 0 Å². The summed E-state index contributed by atoms with van der Waals surface area (Å²) in [6.45, 7) is 0.243. The summed E-state index contributed by atoms with van der Waals surface area (Å²) < 4.78 is 14.0. The minimum atomic E-state index is -0.220. The second kappa shape index (κ2) is 8.91. The maximum atomic E-state index is 12.1. The van der Waals surface area contributed by atoms with Crippen LogP contribution in [0.1, 0.15) is 21.9 Å². The van der Waals surface area contributed by atoms with E-state index in [0.717, 1.165) is 13.4 Å². The topological polar surface area (TPSA) is 59.7 Å². The van der Waals surface area contributed by atoms with Crippen LogP contribution in [0.3, 0.4) is 0 Å². The third-order valence-corrected chi connectivity index (χ3v) is 5.17. The summed E-state index contributed by atoms with van der Waals surface area (Å²) >= 11 is 10.3. The number of phenols is 1. The number of carbonyl (C=O) groups is 1. The van der Waals surface area contributed by atoms with Crippen LogP contribution in [0.2, 0.25) is 0 Å². The van der Waals surface area contributed by atoms with Gasteiger partial charge >= 0.3 is 0 Å². The van der Waals surface area contributed by atoms with Gasteiger partial charge in [-0.3, -0.25) is 4.79 Å². The van der Waals surface area contributed by atoms with Gasteiger partial charge in [0.15, 0.2) is 5.78 Å². The van der Waals surface area contributed by atoms with Gasteiger partial charge in [0.25, 0.3) is 0 Å². The number of carbonyl (C=O) groups excluding carboxylic acids is 1. The summed E-state index contributed by atoms with van der Waals surface area (Å²) in [5, 5.41) is 9.44. The number of furan rings is 1.